The molecule has 0 radical (unpaired) electrons. The van der Waals surface area contributed by atoms with Crippen LogP contribution >= 0.6 is 11.6 Å². The van der Waals surface area contributed by atoms with E-state index in [2.05, 4.69) is 11.4 Å². The summed E-state index contributed by atoms with van der Waals surface area (Å²) in [5.41, 5.74) is 10.9. The van der Waals surface area contributed by atoms with Gasteiger partial charge in [-0.25, -0.2) is 4.79 Å². The standard InChI is InChI=1S/C25H21ClN2O4/c26-19-9-7-15(8-10-19)22(28-25(27)31)13-24(30)32-14-23(29)18-6-5-17-11-16-3-1-2-4-20(16)21(17)12-18/h1-10,12,22H,11,13-14H2,(H3,27,28,31). The highest BCUT2D eigenvalue weighted by Gasteiger charge is 2.22. The summed E-state index contributed by atoms with van der Waals surface area (Å²) < 4.78 is 5.20. The summed E-state index contributed by atoms with van der Waals surface area (Å²) in [6, 6.07) is 18.8. The number of Topliss-reactive ketones (excluding diaryl/α,β-unsaturated/α-hetero) is 1. The molecule has 0 aliphatic heterocycles. The fraction of sp³-hybridized carbons (Fsp3) is 0.160. The number of nitrogens with one attached hydrogen (secondary N) is 1. The number of carbonyl (C=O) groups excluding carboxylic acids is 3. The van der Waals surface area contributed by atoms with E-state index in [-0.39, 0.29) is 18.8 Å². The summed E-state index contributed by atoms with van der Waals surface area (Å²) in [6.45, 7) is -0.386. The van der Waals surface area contributed by atoms with Crippen LogP contribution in [0.3, 0.4) is 0 Å². The zero-order valence-electron chi connectivity index (χ0n) is 17.1. The van der Waals surface area contributed by atoms with Crippen LogP contribution in [0.25, 0.3) is 11.1 Å². The molecule has 1 atom stereocenters. The summed E-state index contributed by atoms with van der Waals surface area (Å²) in [4.78, 5) is 36.4. The van der Waals surface area contributed by atoms with E-state index in [9.17, 15) is 14.4 Å². The number of urea groups is 1. The van der Waals surface area contributed by atoms with Gasteiger partial charge in [0.25, 0.3) is 0 Å². The highest BCUT2D eigenvalue weighted by Crippen LogP contribution is 2.36. The van der Waals surface area contributed by atoms with Gasteiger partial charge in [0.2, 0.25) is 0 Å². The number of carbonyl (C=O) groups is 3. The van der Waals surface area contributed by atoms with Gasteiger partial charge in [-0.3, -0.25) is 9.59 Å². The van der Waals surface area contributed by atoms with Crippen molar-refractivity contribution in [2.45, 2.75) is 18.9 Å². The van der Waals surface area contributed by atoms with Gasteiger partial charge in [0.05, 0.1) is 12.5 Å². The minimum Gasteiger partial charge on any atom is -0.457 e. The van der Waals surface area contributed by atoms with Gasteiger partial charge in [0.15, 0.2) is 12.4 Å². The van der Waals surface area contributed by atoms with Crippen molar-refractivity contribution in [3.63, 3.8) is 0 Å². The Hall–Kier alpha value is -3.64. The number of hydrogen-bond donors (Lipinski definition) is 2. The van der Waals surface area contributed by atoms with Crippen molar-refractivity contribution >= 4 is 29.4 Å². The van der Waals surface area contributed by atoms with Crippen molar-refractivity contribution in [2.75, 3.05) is 6.61 Å². The predicted octanol–water partition coefficient (Wildman–Crippen LogP) is 4.44. The van der Waals surface area contributed by atoms with Crippen LogP contribution in [-0.2, 0) is 16.0 Å². The fourth-order valence-electron chi connectivity index (χ4n) is 3.87. The minimum absolute atomic E-state index is 0.171. The van der Waals surface area contributed by atoms with Crippen molar-refractivity contribution in [1.29, 1.82) is 0 Å². The maximum atomic E-state index is 12.7. The smallest absolute Gasteiger partial charge is 0.312 e. The van der Waals surface area contributed by atoms with E-state index in [4.69, 9.17) is 22.1 Å². The highest BCUT2D eigenvalue weighted by atomic mass is 35.5. The van der Waals surface area contributed by atoms with E-state index >= 15 is 0 Å². The molecule has 6 nitrogen and oxygen atoms in total. The van der Waals surface area contributed by atoms with Crippen LogP contribution in [0.5, 0.6) is 0 Å². The van der Waals surface area contributed by atoms with Gasteiger partial charge in [0.1, 0.15) is 0 Å². The number of esters is 1. The second-order valence-electron chi connectivity index (χ2n) is 7.61. The first-order valence-corrected chi connectivity index (χ1v) is 10.5. The summed E-state index contributed by atoms with van der Waals surface area (Å²) >= 11 is 5.89. The number of primary amides is 1. The average Bonchev–Trinajstić information content (AvgIpc) is 3.15. The van der Waals surface area contributed by atoms with Crippen LogP contribution in [0.15, 0.2) is 66.7 Å². The summed E-state index contributed by atoms with van der Waals surface area (Å²) in [6.07, 6.45) is 0.670. The molecule has 0 fully saturated rings. The Bertz CT molecular complexity index is 1190. The number of ketones is 1. The van der Waals surface area contributed by atoms with Gasteiger partial charge in [-0.1, -0.05) is 60.1 Å². The third kappa shape index (κ3) is 4.81. The van der Waals surface area contributed by atoms with Crippen LogP contribution in [0.1, 0.15) is 39.5 Å². The first-order valence-electron chi connectivity index (χ1n) is 10.1. The zero-order chi connectivity index (χ0) is 22.7. The van der Waals surface area contributed by atoms with E-state index in [1.807, 2.05) is 30.3 Å². The lowest BCUT2D eigenvalue weighted by Gasteiger charge is -2.17. The van der Waals surface area contributed by atoms with Crippen LogP contribution < -0.4 is 11.1 Å². The molecule has 1 aliphatic carbocycles. The molecule has 0 bridgehead atoms. The van der Waals surface area contributed by atoms with E-state index in [1.54, 1.807) is 30.3 Å². The molecule has 7 heteroatoms. The van der Waals surface area contributed by atoms with Gasteiger partial charge in [-0.05, 0) is 52.4 Å². The predicted molar refractivity (Wildman–Crippen MR) is 122 cm³/mol. The molecule has 32 heavy (non-hydrogen) atoms. The van der Waals surface area contributed by atoms with Crippen LogP contribution in [0.4, 0.5) is 4.79 Å². The first-order chi connectivity index (χ1) is 15.4. The van der Waals surface area contributed by atoms with Gasteiger partial charge >= 0.3 is 12.0 Å². The molecule has 3 N–H and O–H groups in total. The Morgan fingerprint density at radius 1 is 0.969 bits per heavy atom. The molecule has 3 aromatic carbocycles. The van der Waals surface area contributed by atoms with Crippen molar-refractivity contribution < 1.29 is 19.1 Å². The number of halogens is 1. The number of benzene rings is 3. The Morgan fingerprint density at radius 2 is 1.69 bits per heavy atom. The highest BCUT2D eigenvalue weighted by molar-refractivity contribution is 6.30. The molecule has 0 aromatic heterocycles. The monoisotopic (exact) mass is 448 g/mol. The number of rotatable bonds is 7. The van der Waals surface area contributed by atoms with Gasteiger partial charge < -0.3 is 15.8 Å². The maximum absolute atomic E-state index is 12.7. The third-order valence-electron chi connectivity index (χ3n) is 5.44. The lowest BCUT2D eigenvalue weighted by atomic mass is 10.0. The molecule has 0 saturated heterocycles. The quantitative estimate of drug-likeness (QED) is 0.322. The second-order valence-corrected chi connectivity index (χ2v) is 8.04. The molecule has 3 aromatic rings. The molecular weight excluding hydrogens is 428 g/mol. The van der Waals surface area contributed by atoms with Gasteiger partial charge in [0, 0.05) is 10.6 Å². The topological polar surface area (TPSA) is 98.5 Å². The third-order valence-corrected chi connectivity index (χ3v) is 5.70. The van der Waals surface area contributed by atoms with Crippen molar-refractivity contribution in [3.05, 3.63) is 94.0 Å². The summed E-state index contributed by atoms with van der Waals surface area (Å²) in [7, 11) is 0. The van der Waals surface area contributed by atoms with Crippen molar-refractivity contribution in [3.8, 4) is 11.1 Å². The van der Waals surface area contributed by atoms with Gasteiger partial charge in [-0.2, -0.15) is 0 Å². The van der Waals surface area contributed by atoms with E-state index in [0.29, 0.717) is 16.1 Å². The Balaban J connectivity index is 1.40. The summed E-state index contributed by atoms with van der Waals surface area (Å²) in [5, 5.41) is 3.04. The molecule has 1 unspecified atom stereocenters. The van der Waals surface area contributed by atoms with E-state index < -0.39 is 18.0 Å². The molecular formula is C25H21ClN2O4. The number of nitrogens with two attached hydrogens (primary N) is 1. The van der Waals surface area contributed by atoms with Crippen LogP contribution in [0, 0.1) is 0 Å². The molecule has 0 heterocycles. The van der Waals surface area contributed by atoms with E-state index in [0.717, 1.165) is 17.5 Å². The van der Waals surface area contributed by atoms with Crippen molar-refractivity contribution in [1.82, 2.24) is 5.32 Å². The number of fused-ring (bicyclic) bond motifs is 3. The number of amides is 2. The lowest BCUT2D eigenvalue weighted by Crippen LogP contribution is -2.34. The lowest BCUT2D eigenvalue weighted by molar-refractivity contribution is -0.143. The Morgan fingerprint density at radius 3 is 2.44 bits per heavy atom. The van der Waals surface area contributed by atoms with Crippen LogP contribution in [-0.4, -0.2) is 24.4 Å². The van der Waals surface area contributed by atoms with Crippen LogP contribution in [0.2, 0.25) is 5.02 Å². The molecule has 4 rings (SSSR count). The van der Waals surface area contributed by atoms with E-state index in [1.165, 1.54) is 11.1 Å². The first kappa shape index (κ1) is 21.6. The zero-order valence-corrected chi connectivity index (χ0v) is 17.9. The normalized spacial score (nSPS) is 12.4. The second kappa shape index (κ2) is 9.24. The maximum Gasteiger partial charge on any atom is 0.312 e. The number of hydrogen-bond acceptors (Lipinski definition) is 4. The SMILES string of the molecule is NC(=O)NC(CC(=O)OCC(=O)c1ccc2c(c1)-c1ccccc1C2)c1ccc(Cl)cc1. The molecule has 162 valence electrons. The molecule has 2 amide bonds. The molecule has 1 aliphatic rings. The fourth-order valence-corrected chi connectivity index (χ4v) is 4.00. The molecule has 0 spiro atoms. The minimum atomic E-state index is -0.771. The van der Waals surface area contributed by atoms with Crippen molar-refractivity contribution in [2.24, 2.45) is 5.73 Å². The largest absolute Gasteiger partial charge is 0.457 e. The Labute approximate surface area is 190 Å². The van der Waals surface area contributed by atoms with Gasteiger partial charge in [-0.15, -0.1) is 0 Å². The number of ether oxygens (including phenoxy) is 1. The average molecular weight is 449 g/mol. The summed E-state index contributed by atoms with van der Waals surface area (Å²) in [5.74, 6) is -0.921. The Kier molecular flexibility index (Phi) is 6.23. The molecule has 0 saturated carbocycles.